The fourth-order valence-electron chi connectivity index (χ4n) is 2.46. The number of nitrogens with one attached hydrogen (secondary N) is 1. The third kappa shape index (κ3) is 2.07. The van der Waals surface area contributed by atoms with Crippen molar-refractivity contribution in [2.45, 2.75) is 32.8 Å². The summed E-state index contributed by atoms with van der Waals surface area (Å²) in [6.45, 7) is 4.21. The maximum absolute atomic E-state index is 11.5. The quantitative estimate of drug-likeness (QED) is 0.774. The molecule has 2 atom stereocenters. The lowest BCUT2D eigenvalue weighted by Gasteiger charge is -2.29. The second-order valence-electron chi connectivity index (χ2n) is 4.93. The highest BCUT2D eigenvalue weighted by molar-refractivity contribution is 5.75. The first-order valence-corrected chi connectivity index (χ1v) is 6.03. The Bertz CT molecular complexity index is 425. The van der Waals surface area contributed by atoms with E-state index in [4.69, 9.17) is 0 Å². The fourth-order valence-corrected chi connectivity index (χ4v) is 2.46. The molecule has 2 rings (SSSR count). The Morgan fingerprint density at radius 1 is 1.65 bits per heavy atom. The maximum Gasteiger partial charge on any atom is 0.341 e. The van der Waals surface area contributed by atoms with Crippen LogP contribution in [0.5, 0.6) is 0 Å². The minimum Gasteiger partial charge on any atom is -0.386 e. The number of carbonyl (C=O) groups is 1. The van der Waals surface area contributed by atoms with E-state index in [2.05, 4.69) is 24.3 Å². The monoisotopic (exact) mass is 237 g/mol. The number of aryl methyl sites for hydroxylation is 1. The summed E-state index contributed by atoms with van der Waals surface area (Å²) in [5.74, 6) is 0.652. The molecule has 1 aliphatic rings. The van der Waals surface area contributed by atoms with Crippen molar-refractivity contribution in [1.29, 1.82) is 0 Å². The largest absolute Gasteiger partial charge is 0.386 e. The molecule has 1 aromatic rings. The molecular formula is C12H19N3O2. The van der Waals surface area contributed by atoms with Gasteiger partial charge in [0.25, 0.3) is 0 Å². The first-order valence-electron chi connectivity index (χ1n) is 6.03. The highest BCUT2D eigenvalue weighted by Gasteiger charge is 2.33. The van der Waals surface area contributed by atoms with Crippen LogP contribution in [0.2, 0.25) is 0 Å². The zero-order chi connectivity index (χ0) is 12.6. The average molecular weight is 237 g/mol. The van der Waals surface area contributed by atoms with Gasteiger partial charge in [-0.2, -0.15) is 9.78 Å². The number of carbonyl (C=O) groups excluding carboxylic acids is 1. The third-order valence-electron chi connectivity index (χ3n) is 3.53. The SMILES string of the molecule is CNC(=O)n1cc2c(n1)C(O)C(C(C)C)CC2. The van der Waals surface area contributed by atoms with Gasteiger partial charge >= 0.3 is 6.03 Å². The van der Waals surface area contributed by atoms with Crippen LogP contribution in [-0.2, 0) is 6.42 Å². The van der Waals surface area contributed by atoms with Crippen LogP contribution < -0.4 is 5.32 Å². The fraction of sp³-hybridized carbons (Fsp3) is 0.667. The van der Waals surface area contributed by atoms with Crippen LogP contribution in [0.4, 0.5) is 4.79 Å². The van der Waals surface area contributed by atoms with Gasteiger partial charge in [0.2, 0.25) is 0 Å². The van der Waals surface area contributed by atoms with Crippen LogP contribution in [0.3, 0.4) is 0 Å². The number of nitrogens with zero attached hydrogens (tertiary/aromatic N) is 2. The van der Waals surface area contributed by atoms with Crippen molar-refractivity contribution < 1.29 is 9.90 Å². The average Bonchev–Trinajstić information content (AvgIpc) is 2.72. The van der Waals surface area contributed by atoms with Crippen molar-refractivity contribution >= 4 is 6.03 Å². The van der Waals surface area contributed by atoms with E-state index in [1.165, 1.54) is 4.68 Å². The van der Waals surface area contributed by atoms with E-state index in [-0.39, 0.29) is 11.9 Å². The molecule has 5 nitrogen and oxygen atoms in total. The van der Waals surface area contributed by atoms with Crippen LogP contribution >= 0.6 is 0 Å². The first-order chi connectivity index (χ1) is 8.04. The predicted molar refractivity (Wildman–Crippen MR) is 63.7 cm³/mol. The number of hydrogen-bond acceptors (Lipinski definition) is 3. The Labute approximate surface area is 101 Å². The summed E-state index contributed by atoms with van der Waals surface area (Å²) in [5, 5.41) is 17.0. The smallest absolute Gasteiger partial charge is 0.341 e. The van der Waals surface area contributed by atoms with Crippen molar-refractivity contribution in [3.63, 3.8) is 0 Å². The number of fused-ring (bicyclic) bond motifs is 1. The van der Waals surface area contributed by atoms with Crippen LogP contribution in [0.1, 0.15) is 37.6 Å². The molecular weight excluding hydrogens is 218 g/mol. The van der Waals surface area contributed by atoms with Gasteiger partial charge in [-0.05, 0) is 30.2 Å². The summed E-state index contributed by atoms with van der Waals surface area (Å²) in [6.07, 6.45) is 3.00. The van der Waals surface area contributed by atoms with E-state index in [1.807, 2.05) is 0 Å². The molecule has 94 valence electrons. The molecule has 5 heteroatoms. The van der Waals surface area contributed by atoms with Crippen molar-refractivity contribution in [1.82, 2.24) is 15.1 Å². The predicted octanol–water partition coefficient (Wildman–Crippen LogP) is 1.32. The Balaban J connectivity index is 2.30. The van der Waals surface area contributed by atoms with E-state index in [9.17, 15) is 9.90 Å². The molecule has 2 unspecified atom stereocenters. The highest BCUT2D eigenvalue weighted by Crippen LogP contribution is 2.37. The minimum atomic E-state index is -0.551. The van der Waals surface area contributed by atoms with E-state index in [0.717, 1.165) is 18.4 Å². The Kier molecular flexibility index (Phi) is 3.19. The van der Waals surface area contributed by atoms with Crippen molar-refractivity contribution in [3.05, 3.63) is 17.5 Å². The molecule has 2 N–H and O–H groups in total. The molecule has 0 bridgehead atoms. The molecule has 17 heavy (non-hydrogen) atoms. The first kappa shape index (κ1) is 12.1. The van der Waals surface area contributed by atoms with Gasteiger partial charge in [-0.15, -0.1) is 0 Å². The molecule has 0 saturated heterocycles. The van der Waals surface area contributed by atoms with E-state index >= 15 is 0 Å². The van der Waals surface area contributed by atoms with Gasteiger partial charge in [0, 0.05) is 13.2 Å². The number of aliphatic hydroxyl groups excluding tert-OH is 1. The number of rotatable bonds is 1. The van der Waals surface area contributed by atoms with Crippen LogP contribution in [0, 0.1) is 11.8 Å². The zero-order valence-corrected chi connectivity index (χ0v) is 10.5. The molecule has 1 aromatic heterocycles. The molecule has 1 amide bonds. The van der Waals surface area contributed by atoms with Crippen molar-refractivity contribution in [2.75, 3.05) is 7.05 Å². The van der Waals surface area contributed by atoms with E-state index < -0.39 is 6.10 Å². The molecule has 0 spiro atoms. The summed E-state index contributed by atoms with van der Waals surface area (Å²) in [6, 6.07) is -0.271. The standard InChI is InChI=1S/C12H19N3O2/c1-7(2)9-5-4-8-6-15(12(17)13-3)14-10(8)11(9)16/h6-7,9,11,16H,4-5H2,1-3H3,(H,13,17). The van der Waals surface area contributed by atoms with Crippen molar-refractivity contribution in [3.8, 4) is 0 Å². The molecule has 0 radical (unpaired) electrons. The number of amides is 1. The maximum atomic E-state index is 11.5. The summed E-state index contributed by atoms with van der Waals surface area (Å²) >= 11 is 0. The highest BCUT2D eigenvalue weighted by atomic mass is 16.3. The molecule has 0 fully saturated rings. The topological polar surface area (TPSA) is 67.2 Å². The molecule has 0 aliphatic heterocycles. The normalized spacial score (nSPS) is 23.6. The lowest BCUT2D eigenvalue weighted by Crippen LogP contribution is -2.26. The third-order valence-corrected chi connectivity index (χ3v) is 3.53. The van der Waals surface area contributed by atoms with Crippen LogP contribution in [0.25, 0.3) is 0 Å². The second-order valence-corrected chi connectivity index (χ2v) is 4.93. The lowest BCUT2D eigenvalue weighted by molar-refractivity contribution is 0.0632. The van der Waals surface area contributed by atoms with Gasteiger partial charge in [0.05, 0.1) is 5.69 Å². The number of aliphatic hydroxyl groups is 1. The molecule has 0 aromatic carbocycles. The van der Waals surface area contributed by atoms with Crippen molar-refractivity contribution in [2.24, 2.45) is 11.8 Å². The summed E-state index contributed by atoms with van der Waals surface area (Å²) in [7, 11) is 1.57. The van der Waals surface area contributed by atoms with Gasteiger partial charge in [0.1, 0.15) is 6.10 Å². The van der Waals surface area contributed by atoms with E-state index in [1.54, 1.807) is 13.2 Å². The molecule has 0 saturated carbocycles. The van der Waals surface area contributed by atoms with Gasteiger partial charge in [0.15, 0.2) is 0 Å². The summed E-state index contributed by atoms with van der Waals surface area (Å²) in [5.41, 5.74) is 1.65. The molecule has 1 heterocycles. The Morgan fingerprint density at radius 3 is 2.94 bits per heavy atom. The molecule has 1 aliphatic carbocycles. The Hall–Kier alpha value is -1.36. The summed E-state index contributed by atoms with van der Waals surface area (Å²) < 4.78 is 1.27. The van der Waals surface area contributed by atoms with Crippen LogP contribution in [0.15, 0.2) is 6.20 Å². The minimum absolute atomic E-state index is 0.232. The number of aromatic nitrogens is 2. The van der Waals surface area contributed by atoms with E-state index in [0.29, 0.717) is 11.6 Å². The van der Waals surface area contributed by atoms with Gasteiger partial charge in [-0.1, -0.05) is 13.8 Å². The Morgan fingerprint density at radius 2 is 2.35 bits per heavy atom. The van der Waals surface area contributed by atoms with Gasteiger partial charge < -0.3 is 10.4 Å². The van der Waals surface area contributed by atoms with Crippen LogP contribution in [-0.4, -0.2) is 28.0 Å². The second kappa shape index (κ2) is 4.49. The summed E-state index contributed by atoms with van der Waals surface area (Å²) in [4.78, 5) is 11.5. The van der Waals surface area contributed by atoms with Gasteiger partial charge in [-0.25, -0.2) is 4.79 Å². The van der Waals surface area contributed by atoms with Gasteiger partial charge in [-0.3, -0.25) is 0 Å². The number of hydrogen-bond donors (Lipinski definition) is 2. The zero-order valence-electron chi connectivity index (χ0n) is 10.5. The lowest BCUT2D eigenvalue weighted by atomic mass is 9.79.